The maximum Gasteiger partial charge on any atom is 0.306 e. The minimum absolute atomic E-state index is 0.0157. The molecule has 5 nitrogen and oxygen atoms in total. The Labute approximate surface area is 185 Å². The van der Waals surface area contributed by atoms with Crippen molar-refractivity contribution >= 4 is 17.5 Å². The summed E-state index contributed by atoms with van der Waals surface area (Å²) in [7, 11) is 0. The van der Waals surface area contributed by atoms with Crippen LogP contribution in [-0.2, 0) is 23.9 Å². The molecule has 0 N–H and O–H groups in total. The van der Waals surface area contributed by atoms with E-state index < -0.39 is 11.0 Å². The molecule has 4 aliphatic carbocycles. The summed E-state index contributed by atoms with van der Waals surface area (Å²) >= 11 is 0. The van der Waals surface area contributed by atoms with Crippen LogP contribution >= 0.6 is 0 Å². The van der Waals surface area contributed by atoms with Crippen LogP contribution in [0.15, 0.2) is 11.6 Å². The highest BCUT2D eigenvalue weighted by Crippen LogP contribution is 2.78. The molecule has 5 heteroatoms. The molecule has 0 unspecified atom stereocenters. The predicted octanol–water partition coefficient (Wildman–Crippen LogP) is 4.42. The minimum Gasteiger partial charge on any atom is -0.450 e. The van der Waals surface area contributed by atoms with Crippen LogP contribution in [0.25, 0.3) is 0 Å². The smallest absolute Gasteiger partial charge is 0.306 e. The second-order valence-electron chi connectivity index (χ2n) is 11.5. The number of fused-ring (bicyclic) bond motifs is 3. The number of ether oxygens (including phenoxy) is 2. The van der Waals surface area contributed by atoms with Gasteiger partial charge in [0, 0.05) is 29.6 Å². The summed E-state index contributed by atoms with van der Waals surface area (Å²) in [5, 5.41) is 0. The first kappa shape index (κ1) is 21.4. The van der Waals surface area contributed by atoms with E-state index in [4.69, 9.17) is 9.47 Å². The summed E-state index contributed by atoms with van der Waals surface area (Å²) in [6, 6.07) is 0. The van der Waals surface area contributed by atoms with Gasteiger partial charge in [-0.25, -0.2) is 0 Å². The van der Waals surface area contributed by atoms with E-state index in [1.807, 2.05) is 6.08 Å². The minimum atomic E-state index is -1.08. The van der Waals surface area contributed by atoms with Crippen LogP contribution in [0, 0.1) is 34.5 Å². The van der Waals surface area contributed by atoms with Crippen LogP contribution in [0.2, 0.25) is 0 Å². The molecule has 0 aromatic heterocycles. The van der Waals surface area contributed by atoms with E-state index in [1.54, 1.807) is 13.8 Å². The van der Waals surface area contributed by atoms with E-state index >= 15 is 0 Å². The molecule has 170 valence electrons. The van der Waals surface area contributed by atoms with E-state index in [-0.39, 0.29) is 52.9 Å². The molecule has 1 heterocycles. The van der Waals surface area contributed by atoms with E-state index in [2.05, 4.69) is 27.7 Å². The quantitative estimate of drug-likeness (QED) is 0.491. The molecule has 1 aliphatic heterocycles. The average molecular weight is 429 g/mol. The summed E-state index contributed by atoms with van der Waals surface area (Å²) in [5.41, 5.74) is -0.601. The highest BCUT2D eigenvalue weighted by Gasteiger charge is 2.83. The van der Waals surface area contributed by atoms with Gasteiger partial charge in [0.25, 0.3) is 0 Å². The lowest BCUT2D eigenvalue weighted by molar-refractivity contribution is -0.191. The number of ketones is 2. The molecule has 0 amide bonds. The first-order chi connectivity index (χ1) is 14.5. The summed E-state index contributed by atoms with van der Waals surface area (Å²) in [4.78, 5) is 37.9. The van der Waals surface area contributed by atoms with Crippen LogP contribution < -0.4 is 0 Å². The number of rotatable bonds is 3. The van der Waals surface area contributed by atoms with Gasteiger partial charge in [0.1, 0.15) is 5.60 Å². The van der Waals surface area contributed by atoms with Crippen molar-refractivity contribution in [3.8, 4) is 0 Å². The van der Waals surface area contributed by atoms with Gasteiger partial charge in [0.15, 0.2) is 17.2 Å². The SMILES string of the molecule is CCC(=O)O[C@]1(C(C)=O)[C@@H](C)C[C@H]2[C@@H]3C[C@H](C)C4=CC(=O)CC[C@]4(C)[C@]34O[C@H]4C[C@@]21C. The molecule has 0 bridgehead atoms. The zero-order valence-corrected chi connectivity index (χ0v) is 19.7. The van der Waals surface area contributed by atoms with Crippen molar-refractivity contribution in [1.29, 1.82) is 0 Å². The number of hydrogen-bond acceptors (Lipinski definition) is 5. The van der Waals surface area contributed by atoms with E-state index in [9.17, 15) is 14.4 Å². The Hall–Kier alpha value is -1.49. The van der Waals surface area contributed by atoms with Gasteiger partial charge < -0.3 is 9.47 Å². The van der Waals surface area contributed by atoms with Crippen molar-refractivity contribution < 1.29 is 23.9 Å². The van der Waals surface area contributed by atoms with Crippen molar-refractivity contribution in [2.45, 2.75) is 97.4 Å². The standard InChI is InChI=1S/C26H36O5/c1-7-22(29)31-25(16(4)27)15(3)11-19-20-10-14(2)18-12-17(28)8-9-23(18,5)26(20)21(30-26)13-24(19,25)6/h12,14-15,19-21H,7-11,13H2,1-6H3/t14-,15-,19-,20-,21-,23-,24-,25-,26-/m0/s1. The second kappa shape index (κ2) is 6.30. The van der Waals surface area contributed by atoms with Crippen molar-refractivity contribution in [1.82, 2.24) is 0 Å². The Morgan fingerprint density at radius 3 is 2.55 bits per heavy atom. The maximum absolute atomic E-state index is 13.2. The second-order valence-corrected chi connectivity index (χ2v) is 11.5. The number of hydrogen-bond donors (Lipinski definition) is 0. The molecule has 5 rings (SSSR count). The Bertz CT molecular complexity index is 905. The van der Waals surface area contributed by atoms with Crippen LogP contribution in [0.4, 0.5) is 0 Å². The summed E-state index contributed by atoms with van der Waals surface area (Å²) in [6.45, 7) is 12.2. The number of Topliss-reactive ketones (excluding diaryl/α,β-unsaturated/α-hetero) is 1. The zero-order valence-electron chi connectivity index (χ0n) is 19.7. The zero-order chi connectivity index (χ0) is 22.6. The fourth-order valence-corrected chi connectivity index (χ4v) is 9.02. The Kier molecular flexibility index (Phi) is 4.34. The topological polar surface area (TPSA) is 73.0 Å². The average Bonchev–Trinajstić information content (AvgIpc) is 3.38. The normalized spacial score (nSPS) is 52.3. The highest BCUT2D eigenvalue weighted by atomic mass is 16.6. The third-order valence-corrected chi connectivity index (χ3v) is 10.3. The van der Waals surface area contributed by atoms with E-state index in [1.165, 1.54) is 5.57 Å². The van der Waals surface area contributed by atoms with Gasteiger partial charge in [0.2, 0.25) is 0 Å². The van der Waals surface area contributed by atoms with Gasteiger partial charge in [-0.2, -0.15) is 0 Å². The lowest BCUT2D eigenvalue weighted by atomic mass is 9.44. The van der Waals surface area contributed by atoms with E-state index in [0.717, 1.165) is 25.7 Å². The monoisotopic (exact) mass is 428 g/mol. The van der Waals surface area contributed by atoms with Crippen LogP contribution in [0.1, 0.15) is 80.1 Å². The van der Waals surface area contributed by atoms with Gasteiger partial charge >= 0.3 is 5.97 Å². The Morgan fingerprint density at radius 1 is 1.19 bits per heavy atom. The van der Waals surface area contributed by atoms with Gasteiger partial charge in [-0.15, -0.1) is 0 Å². The third-order valence-electron chi connectivity index (χ3n) is 10.3. The molecule has 3 saturated carbocycles. The number of carbonyl (C=O) groups excluding carboxylic acids is 3. The van der Waals surface area contributed by atoms with Gasteiger partial charge in [0.05, 0.1) is 6.10 Å². The third kappa shape index (κ3) is 2.29. The van der Waals surface area contributed by atoms with Crippen molar-refractivity contribution in [2.24, 2.45) is 34.5 Å². The molecule has 1 spiro atoms. The lowest BCUT2D eigenvalue weighted by Crippen LogP contribution is -2.63. The fourth-order valence-electron chi connectivity index (χ4n) is 9.02. The van der Waals surface area contributed by atoms with Crippen LogP contribution in [0.3, 0.4) is 0 Å². The Morgan fingerprint density at radius 2 is 1.90 bits per heavy atom. The molecular weight excluding hydrogens is 392 g/mol. The lowest BCUT2D eigenvalue weighted by Gasteiger charge is -2.58. The largest absolute Gasteiger partial charge is 0.450 e. The molecule has 31 heavy (non-hydrogen) atoms. The molecule has 0 aromatic rings. The molecule has 4 fully saturated rings. The number of esters is 1. The highest BCUT2D eigenvalue weighted by molar-refractivity contribution is 5.92. The van der Waals surface area contributed by atoms with Crippen LogP contribution in [0.5, 0.6) is 0 Å². The maximum atomic E-state index is 13.2. The summed E-state index contributed by atoms with van der Waals surface area (Å²) in [5.74, 6) is 0.787. The predicted molar refractivity (Wildman–Crippen MR) is 115 cm³/mol. The fraction of sp³-hybridized carbons (Fsp3) is 0.808. The molecule has 0 aromatic carbocycles. The molecule has 1 saturated heterocycles. The number of epoxide rings is 1. The number of carbonyl (C=O) groups is 3. The molecule has 0 radical (unpaired) electrons. The molecule has 9 atom stereocenters. The molecular formula is C26H36O5. The van der Waals surface area contributed by atoms with Crippen molar-refractivity contribution in [3.63, 3.8) is 0 Å². The summed E-state index contributed by atoms with van der Waals surface area (Å²) < 4.78 is 12.8. The first-order valence-electron chi connectivity index (χ1n) is 12.1. The van der Waals surface area contributed by atoms with Crippen molar-refractivity contribution in [3.05, 3.63) is 11.6 Å². The van der Waals surface area contributed by atoms with Gasteiger partial charge in [-0.1, -0.05) is 40.2 Å². The van der Waals surface area contributed by atoms with Crippen LogP contribution in [-0.4, -0.2) is 34.8 Å². The van der Waals surface area contributed by atoms with Gasteiger partial charge in [-0.05, 0) is 56.4 Å². The van der Waals surface area contributed by atoms with Crippen molar-refractivity contribution in [2.75, 3.05) is 0 Å². The van der Waals surface area contributed by atoms with Gasteiger partial charge in [-0.3, -0.25) is 14.4 Å². The molecule has 5 aliphatic rings. The Balaban J connectivity index is 1.61. The van der Waals surface area contributed by atoms with E-state index in [0.29, 0.717) is 18.3 Å². The summed E-state index contributed by atoms with van der Waals surface area (Å²) in [6.07, 6.45) is 6.23. The first-order valence-corrected chi connectivity index (χ1v) is 12.1.